The maximum atomic E-state index is 12.4. The molecule has 3 amide bonds. The van der Waals surface area contributed by atoms with Gasteiger partial charge in [-0.2, -0.15) is 5.10 Å². The Bertz CT molecular complexity index is 903. The average Bonchev–Trinajstić information content (AvgIpc) is 3.18. The van der Waals surface area contributed by atoms with Gasteiger partial charge in [0.25, 0.3) is 5.91 Å². The maximum absolute atomic E-state index is 12.4. The molecule has 1 aliphatic rings. The number of hydrogen-bond acceptors (Lipinski definition) is 4. The van der Waals surface area contributed by atoms with Crippen LogP contribution in [0.4, 0.5) is 11.4 Å². The summed E-state index contributed by atoms with van der Waals surface area (Å²) >= 11 is 0. The van der Waals surface area contributed by atoms with Gasteiger partial charge in [-0.15, -0.1) is 0 Å². The van der Waals surface area contributed by atoms with Gasteiger partial charge >= 0.3 is 0 Å². The van der Waals surface area contributed by atoms with Gasteiger partial charge in [-0.1, -0.05) is 6.07 Å². The number of carbonyl (C=O) groups excluding carboxylic acids is 3. The van der Waals surface area contributed by atoms with E-state index in [1.165, 1.54) is 0 Å². The van der Waals surface area contributed by atoms with Crippen LogP contribution >= 0.6 is 0 Å². The number of nitrogens with zero attached hydrogens (tertiary/aromatic N) is 3. The number of benzene rings is 1. The topological polar surface area (TPSA) is 96.3 Å². The number of hydrogen-bond donors (Lipinski definition) is 2. The number of aromatic nitrogens is 2. The fourth-order valence-electron chi connectivity index (χ4n) is 3.14. The first kappa shape index (κ1) is 18.6. The molecular formula is C19H23N5O3. The van der Waals surface area contributed by atoms with Gasteiger partial charge in [-0.05, 0) is 38.5 Å². The lowest BCUT2D eigenvalue weighted by Crippen LogP contribution is -2.33. The SMILES string of the molecule is Cc1nn(C)c(C)c1NC(=O)CNC(=O)c1cccc(N2CCCC2=O)c1. The number of anilines is 2. The van der Waals surface area contributed by atoms with Crippen molar-refractivity contribution in [3.8, 4) is 0 Å². The summed E-state index contributed by atoms with van der Waals surface area (Å²) in [5, 5.41) is 9.63. The highest BCUT2D eigenvalue weighted by Crippen LogP contribution is 2.22. The lowest BCUT2D eigenvalue weighted by Gasteiger charge is -2.16. The minimum Gasteiger partial charge on any atom is -0.343 e. The van der Waals surface area contributed by atoms with Crippen molar-refractivity contribution in [2.75, 3.05) is 23.3 Å². The van der Waals surface area contributed by atoms with E-state index in [2.05, 4.69) is 15.7 Å². The quantitative estimate of drug-likeness (QED) is 0.835. The standard InChI is InChI=1S/C19H23N5O3/c1-12-18(13(2)23(3)22-12)21-16(25)11-20-19(27)14-6-4-7-15(10-14)24-9-5-8-17(24)26/h4,6-7,10H,5,8-9,11H2,1-3H3,(H,20,27)(H,21,25). The second kappa shape index (κ2) is 7.61. The Morgan fingerprint density at radius 3 is 2.67 bits per heavy atom. The molecule has 0 radical (unpaired) electrons. The van der Waals surface area contributed by atoms with Crippen LogP contribution in [0.15, 0.2) is 24.3 Å². The predicted octanol–water partition coefficient (Wildman–Crippen LogP) is 1.53. The van der Waals surface area contributed by atoms with Crippen LogP contribution in [0.5, 0.6) is 0 Å². The molecule has 1 aromatic heterocycles. The van der Waals surface area contributed by atoms with Gasteiger partial charge in [0.2, 0.25) is 11.8 Å². The third kappa shape index (κ3) is 3.99. The van der Waals surface area contributed by atoms with Gasteiger partial charge in [0.05, 0.1) is 23.6 Å². The first-order valence-electron chi connectivity index (χ1n) is 8.85. The molecule has 0 saturated carbocycles. The molecule has 8 nitrogen and oxygen atoms in total. The third-order valence-electron chi connectivity index (χ3n) is 4.68. The molecule has 1 fully saturated rings. The van der Waals surface area contributed by atoms with Gasteiger partial charge in [0, 0.05) is 31.3 Å². The number of carbonyl (C=O) groups is 3. The van der Waals surface area contributed by atoms with Crippen LogP contribution in [0.25, 0.3) is 0 Å². The minimum absolute atomic E-state index is 0.0640. The van der Waals surface area contributed by atoms with E-state index in [1.54, 1.807) is 40.9 Å². The van der Waals surface area contributed by atoms with Gasteiger partial charge in [0.15, 0.2) is 0 Å². The lowest BCUT2D eigenvalue weighted by molar-refractivity contribution is -0.117. The molecule has 2 aromatic rings. The predicted molar refractivity (Wildman–Crippen MR) is 102 cm³/mol. The summed E-state index contributed by atoms with van der Waals surface area (Å²) in [6.07, 6.45) is 1.35. The summed E-state index contributed by atoms with van der Waals surface area (Å²) in [6.45, 7) is 4.18. The van der Waals surface area contributed by atoms with Crippen LogP contribution in [-0.4, -0.2) is 40.6 Å². The van der Waals surface area contributed by atoms with E-state index in [9.17, 15) is 14.4 Å². The van der Waals surface area contributed by atoms with Crippen LogP contribution in [0.3, 0.4) is 0 Å². The largest absolute Gasteiger partial charge is 0.343 e. The number of nitrogens with one attached hydrogen (secondary N) is 2. The molecule has 1 aliphatic heterocycles. The van der Waals surface area contributed by atoms with E-state index in [0.717, 1.165) is 17.8 Å². The van der Waals surface area contributed by atoms with Crippen LogP contribution in [0, 0.1) is 13.8 Å². The Balaban J connectivity index is 1.60. The Kier molecular flexibility index (Phi) is 5.25. The highest BCUT2D eigenvalue weighted by Gasteiger charge is 2.22. The van der Waals surface area contributed by atoms with Crippen molar-refractivity contribution in [2.45, 2.75) is 26.7 Å². The smallest absolute Gasteiger partial charge is 0.251 e. The molecule has 1 aromatic carbocycles. The second-order valence-corrected chi connectivity index (χ2v) is 6.60. The Hall–Kier alpha value is -3.16. The molecule has 0 spiro atoms. The minimum atomic E-state index is -0.363. The summed E-state index contributed by atoms with van der Waals surface area (Å²) < 4.78 is 1.69. The zero-order chi connectivity index (χ0) is 19.6. The normalized spacial score (nSPS) is 13.7. The molecule has 1 saturated heterocycles. The van der Waals surface area contributed by atoms with Crippen LogP contribution < -0.4 is 15.5 Å². The van der Waals surface area contributed by atoms with Gasteiger partial charge < -0.3 is 15.5 Å². The first-order valence-corrected chi connectivity index (χ1v) is 8.85. The summed E-state index contributed by atoms with van der Waals surface area (Å²) in [5.74, 6) is -0.624. The average molecular weight is 369 g/mol. The summed E-state index contributed by atoms with van der Waals surface area (Å²) in [6, 6.07) is 6.87. The van der Waals surface area contributed by atoms with E-state index in [-0.39, 0.29) is 24.3 Å². The lowest BCUT2D eigenvalue weighted by atomic mass is 10.1. The van der Waals surface area contributed by atoms with Gasteiger partial charge in [-0.25, -0.2) is 0 Å². The Morgan fingerprint density at radius 1 is 1.26 bits per heavy atom. The molecule has 2 heterocycles. The highest BCUT2D eigenvalue weighted by atomic mass is 16.2. The van der Waals surface area contributed by atoms with E-state index in [4.69, 9.17) is 0 Å². The van der Waals surface area contributed by atoms with Gasteiger partial charge in [0.1, 0.15) is 0 Å². The third-order valence-corrected chi connectivity index (χ3v) is 4.68. The Morgan fingerprint density at radius 2 is 2.04 bits per heavy atom. The number of aryl methyl sites for hydroxylation is 2. The molecule has 0 atom stereocenters. The number of rotatable bonds is 5. The molecule has 0 bridgehead atoms. The van der Waals surface area contributed by atoms with Crippen LogP contribution in [0.2, 0.25) is 0 Å². The molecule has 2 N–H and O–H groups in total. The fourth-order valence-corrected chi connectivity index (χ4v) is 3.14. The monoisotopic (exact) mass is 369 g/mol. The van der Waals surface area contributed by atoms with E-state index >= 15 is 0 Å². The zero-order valence-electron chi connectivity index (χ0n) is 15.7. The van der Waals surface area contributed by atoms with Gasteiger partial charge in [-0.3, -0.25) is 19.1 Å². The maximum Gasteiger partial charge on any atom is 0.251 e. The van der Waals surface area contributed by atoms with E-state index in [0.29, 0.717) is 29.9 Å². The van der Waals surface area contributed by atoms with Crippen molar-refractivity contribution in [1.29, 1.82) is 0 Å². The zero-order valence-corrected chi connectivity index (χ0v) is 15.7. The second-order valence-electron chi connectivity index (χ2n) is 6.60. The summed E-state index contributed by atoms with van der Waals surface area (Å²) in [4.78, 5) is 38.1. The molecule has 0 aliphatic carbocycles. The van der Waals surface area contributed by atoms with E-state index < -0.39 is 0 Å². The molecule has 0 unspecified atom stereocenters. The van der Waals surface area contributed by atoms with Crippen LogP contribution in [0.1, 0.15) is 34.6 Å². The van der Waals surface area contributed by atoms with Crippen LogP contribution in [-0.2, 0) is 16.6 Å². The molecule has 8 heteroatoms. The number of amides is 3. The molecule has 27 heavy (non-hydrogen) atoms. The Labute approximate surface area is 157 Å². The van der Waals surface area contributed by atoms with Crippen molar-refractivity contribution in [1.82, 2.24) is 15.1 Å². The molecule has 142 valence electrons. The highest BCUT2D eigenvalue weighted by molar-refractivity contribution is 6.01. The molecular weight excluding hydrogens is 346 g/mol. The first-order chi connectivity index (χ1) is 12.9. The van der Waals surface area contributed by atoms with Crippen molar-refractivity contribution in [2.24, 2.45) is 7.05 Å². The van der Waals surface area contributed by atoms with E-state index in [1.807, 2.05) is 13.8 Å². The summed E-state index contributed by atoms with van der Waals surface area (Å²) in [7, 11) is 1.80. The fraction of sp³-hybridized carbons (Fsp3) is 0.368. The van der Waals surface area contributed by atoms with Crippen molar-refractivity contribution in [3.05, 3.63) is 41.2 Å². The van der Waals surface area contributed by atoms with Crippen molar-refractivity contribution < 1.29 is 14.4 Å². The molecule has 3 rings (SSSR count). The summed E-state index contributed by atoms with van der Waals surface area (Å²) in [5.41, 5.74) is 3.34. The van der Waals surface area contributed by atoms with Crippen molar-refractivity contribution in [3.63, 3.8) is 0 Å². The van der Waals surface area contributed by atoms with Crippen molar-refractivity contribution >= 4 is 29.1 Å².